The van der Waals surface area contributed by atoms with E-state index in [0.717, 1.165) is 19.4 Å². The molecule has 82 valence electrons. The van der Waals surface area contributed by atoms with E-state index in [1.54, 1.807) is 0 Å². The zero-order valence-corrected chi connectivity index (χ0v) is 9.52. The fourth-order valence-corrected chi connectivity index (χ4v) is 1.50. The van der Waals surface area contributed by atoms with Crippen molar-refractivity contribution in [2.24, 2.45) is 5.41 Å². The Morgan fingerprint density at radius 1 is 1.50 bits per heavy atom. The lowest BCUT2D eigenvalue weighted by molar-refractivity contribution is -0.120. The summed E-state index contributed by atoms with van der Waals surface area (Å²) in [6.45, 7) is 7.85. The lowest BCUT2D eigenvalue weighted by atomic mass is 10.2. The molecule has 0 spiro atoms. The van der Waals surface area contributed by atoms with Crippen molar-refractivity contribution >= 4 is 5.91 Å². The predicted molar refractivity (Wildman–Crippen MR) is 58.1 cm³/mol. The van der Waals surface area contributed by atoms with Gasteiger partial charge in [0.1, 0.15) is 0 Å². The van der Waals surface area contributed by atoms with E-state index in [2.05, 4.69) is 31.4 Å². The normalized spacial score (nSPS) is 23.2. The fourth-order valence-electron chi connectivity index (χ4n) is 1.50. The monoisotopic (exact) mass is 198 g/mol. The summed E-state index contributed by atoms with van der Waals surface area (Å²) >= 11 is 0. The van der Waals surface area contributed by atoms with Gasteiger partial charge in [-0.15, -0.1) is 0 Å². The van der Waals surface area contributed by atoms with Crippen LogP contribution < -0.4 is 10.6 Å². The van der Waals surface area contributed by atoms with Gasteiger partial charge < -0.3 is 10.6 Å². The number of hydrogen-bond acceptors (Lipinski definition) is 2. The van der Waals surface area contributed by atoms with E-state index < -0.39 is 0 Å². The van der Waals surface area contributed by atoms with E-state index in [0.29, 0.717) is 18.0 Å². The van der Waals surface area contributed by atoms with E-state index in [-0.39, 0.29) is 5.91 Å². The molecule has 0 aliphatic heterocycles. The van der Waals surface area contributed by atoms with Crippen LogP contribution in [0.3, 0.4) is 0 Å². The van der Waals surface area contributed by atoms with Gasteiger partial charge in [0.15, 0.2) is 0 Å². The van der Waals surface area contributed by atoms with Crippen LogP contribution in [0.4, 0.5) is 0 Å². The first-order chi connectivity index (χ1) is 6.56. The molecule has 2 N–H and O–H groups in total. The molecule has 1 aliphatic carbocycles. The Morgan fingerprint density at radius 3 is 2.64 bits per heavy atom. The van der Waals surface area contributed by atoms with Crippen LogP contribution in [0.2, 0.25) is 0 Å². The Hall–Kier alpha value is -0.570. The van der Waals surface area contributed by atoms with Crippen LogP contribution >= 0.6 is 0 Å². The second kappa shape index (κ2) is 4.78. The van der Waals surface area contributed by atoms with Crippen LogP contribution in [0.15, 0.2) is 0 Å². The first kappa shape index (κ1) is 11.5. The Balaban J connectivity index is 1.99. The molecular weight excluding hydrogens is 176 g/mol. The van der Waals surface area contributed by atoms with Gasteiger partial charge in [-0.05, 0) is 18.3 Å². The lowest BCUT2D eigenvalue weighted by Crippen LogP contribution is -2.36. The maximum atomic E-state index is 11.3. The van der Waals surface area contributed by atoms with Crippen molar-refractivity contribution in [1.82, 2.24) is 10.6 Å². The van der Waals surface area contributed by atoms with Gasteiger partial charge in [0.05, 0.1) is 6.54 Å². The Labute approximate surface area is 86.6 Å². The van der Waals surface area contributed by atoms with Crippen molar-refractivity contribution in [3.63, 3.8) is 0 Å². The van der Waals surface area contributed by atoms with Crippen molar-refractivity contribution in [3.8, 4) is 0 Å². The summed E-state index contributed by atoms with van der Waals surface area (Å²) in [6.07, 6.45) is 3.39. The van der Waals surface area contributed by atoms with Crippen molar-refractivity contribution < 1.29 is 4.79 Å². The molecule has 0 aromatic heterocycles. The number of hydrogen-bond donors (Lipinski definition) is 2. The highest BCUT2D eigenvalue weighted by Crippen LogP contribution is 2.44. The molecule has 14 heavy (non-hydrogen) atoms. The van der Waals surface area contributed by atoms with Gasteiger partial charge >= 0.3 is 0 Å². The van der Waals surface area contributed by atoms with E-state index in [9.17, 15) is 4.79 Å². The average molecular weight is 198 g/mol. The molecule has 3 nitrogen and oxygen atoms in total. The molecule has 0 heterocycles. The van der Waals surface area contributed by atoms with Crippen molar-refractivity contribution in [2.45, 2.75) is 46.1 Å². The highest BCUT2D eigenvalue weighted by Gasteiger charge is 2.45. The van der Waals surface area contributed by atoms with Gasteiger partial charge in [0.2, 0.25) is 5.91 Å². The fraction of sp³-hybridized carbons (Fsp3) is 0.909. The van der Waals surface area contributed by atoms with Gasteiger partial charge in [-0.3, -0.25) is 4.79 Å². The summed E-state index contributed by atoms with van der Waals surface area (Å²) < 4.78 is 0. The summed E-state index contributed by atoms with van der Waals surface area (Å²) in [7, 11) is 0. The summed E-state index contributed by atoms with van der Waals surface area (Å²) in [6, 6.07) is 0.541. The molecule has 1 rings (SSSR count). The number of carbonyl (C=O) groups is 1. The third kappa shape index (κ3) is 3.66. The first-order valence-electron chi connectivity index (χ1n) is 5.56. The van der Waals surface area contributed by atoms with Crippen LogP contribution in [0, 0.1) is 5.41 Å². The highest BCUT2D eigenvalue weighted by molar-refractivity contribution is 5.78. The van der Waals surface area contributed by atoms with E-state index in [1.165, 1.54) is 6.42 Å². The quantitative estimate of drug-likeness (QED) is 0.631. The molecule has 1 saturated carbocycles. The zero-order chi connectivity index (χ0) is 10.6. The molecule has 1 amide bonds. The third-order valence-electron chi connectivity index (χ3n) is 2.87. The number of nitrogens with one attached hydrogen (secondary N) is 2. The van der Waals surface area contributed by atoms with Crippen LogP contribution in [0.25, 0.3) is 0 Å². The average Bonchev–Trinajstić information content (AvgIpc) is 2.71. The SMILES string of the molecule is CCCCNC(=O)CNC1CC1(C)C. The lowest BCUT2D eigenvalue weighted by Gasteiger charge is -2.07. The van der Waals surface area contributed by atoms with E-state index in [4.69, 9.17) is 0 Å². The summed E-state index contributed by atoms with van der Waals surface area (Å²) in [5, 5.41) is 6.15. The largest absolute Gasteiger partial charge is 0.355 e. The Bertz CT molecular complexity index is 201. The van der Waals surface area contributed by atoms with Gasteiger partial charge in [0, 0.05) is 12.6 Å². The van der Waals surface area contributed by atoms with Gasteiger partial charge in [-0.25, -0.2) is 0 Å². The van der Waals surface area contributed by atoms with E-state index in [1.807, 2.05) is 0 Å². The molecule has 3 heteroatoms. The standard InChI is InChI=1S/C11H22N2O/c1-4-5-6-12-10(14)8-13-9-7-11(9,2)3/h9,13H,4-8H2,1-3H3,(H,12,14). The second-order valence-corrected chi connectivity index (χ2v) is 4.83. The molecule has 1 aliphatic rings. The van der Waals surface area contributed by atoms with Crippen LogP contribution in [0.5, 0.6) is 0 Å². The molecule has 0 aromatic rings. The number of carbonyl (C=O) groups excluding carboxylic acids is 1. The number of unbranched alkanes of at least 4 members (excludes halogenated alkanes) is 1. The molecule has 1 unspecified atom stereocenters. The van der Waals surface area contributed by atoms with Crippen LogP contribution in [-0.4, -0.2) is 25.0 Å². The zero-order valence-electron chi connectivity index (χ0n) is 9.52. The van der Waals surface area contributed by atoms with Crippen molar-refractivity contribution in [1.29, 1.82) is 0 Å². The summed E-state index contributed by atoms with van der Waals surface area (Å²) in [4.78, 5) is 11.3. The molecule has 0 saturated heterocycles. The predicted octanol–water partition coefficient (Wildman–Crippen LogP) is 1.29. The van der Waals surface area contributed by atoms with Crippen LogP contribution in [0.1, 0.15) is 40.0 Å². The summed E-state index contributed by atoms with van der Waals surface area (Å²) in [5.74, 6) is 0.126. The Kier molecular flexibility index (Phi) is 3.93. The number of rotatable bonds is 6. The molecule has 0 aromatic carbocycles. The maximum absolute atomic E-state index is 11.3. The van der Waals surface area contributed by atoms with Gasteiger partial charge in [-0.1, -0.05) is 27.2 Å². The minimum Gasteiger partial charge on any atom is -0.355 e. The Morgan fingerprint density at radius 2 is 2.14 bits per heavy atom. The topological polar surface area (TPSA) is 41.1 Å². The molecular formula is C11H22N2O. The third-order valence-corrected chi connectivity index (χ3v) is 2.87. The van der Waals surface area contributed by atoms with Crippen LogP contribution in [-0.2, 0) is 4.79 Å². The second-order valence-electron chi connectivity index (χ2n) is 4.83. The molecule has 0 bridgehead atoms. The summed E-state index contributed by atoms with van der Waals surface area (Å²) in [5.41, 5.74) is 0.406. The first-order valence-corrected chi connectivity index (χ1v) is 5.56. The van der Waals surface area contributed by atoms with Crippen molar-refractivity contribution in [3.05, 3.63) is 0 Å². The number of amides is 1. The molecule has 1 fully saturated rings. The van der Waals surface area contributed by atoms with Crippen molar-refractivity contribution in [2.75, 3.05) is 13.1 Å². The van der Waals surface area contributed by atoms with E-state index >= 15 is 0 Å². The minimum absolute atomic E-state index is 0.126. The molecule has 1 atom stereocenters. The smallest absolute Gasteiger partial charge is 0.233 e. The van der Waals surface area contributed by atoms with Gasteiger partial charge in [-0.2, -0.15) is 0 Å². The highest BCUT2D eigenvalue weighted by atomic mass is 16.1. The minimum atomic E-state index is 0.126. The van der Waals surface area contributed by atoms with Gasteiger partial charge in [0.25, 0.3) is 0 Å². The molecule has 0 radical (unpaired) electrons. The maximum Gasteiger partial charge on any atom is 0.233 e.